The lowest BCUT2D eigenvalue weighted by Crippen LogP contribution is -2.38. The molecule has 2 unspecified atom stereocenters. The number of nitrogens with two attached hydrogens (primary N) is 1. The van der Waals surface area contributed by atoms with Crippen molar-refractivity contribution in [1.82, 2.24) is 5.32 Å². The number of nitrogens with one attached hydrogen (secondary N) is 1. The molecule has 1 aromatic rings. The number of guanidine groups is 1. The van der Waals surface area contributed by atoms with Crippen LogP contribution in [0.2, 0.25) is 0 Å². The van der Waals surface area contributed by atoms with Crippen molar-refractivity contribution in [3.05, 3.63) is 29.8 Å². The highest BCUT2D eigenvalue weighted by Crippen LogP contribution is 2.37. The first-order valence-electron chi connectivity index (χ1n) is 9.34. The second kappa shape index (κ2) is 7.22. The molecule has 136 valence electrons. The predicted octanol–water partition coefficient (Wildman–Crippen LogP) is 2.49. The van der Waals surface area contributed by atoms with Crippen LogP contribution in [0.3, 0.4) is 0 Å². The molecular formula is C19H27N3O3. The van der Waals surface area contributed by atoms with Crippen molar-refractivity contribution in [2.24, 2.45) is 10.7 Å². The maximum Gasteiger partial charge on any atom is 0.189 e. The molecule has 1 saturated heterocycles. The standard InChI is InChI=1S/C19H27N3O3/c20-18(22-16-8-11-23-17-7-3-2-6-15(16)17)21-12-14-13-24-19(25-14)9-4-1-5-10-19/h2-3,6-7,14,16H,1,4-5,8-13H2,(H3,20,21,22). The maximum absolute atomic E-state index is 6.15. The van der Waals surface area contributed by atoms with Gasteiger partial charge in [-0.25, -0.2) is 0 Å². The quantitative estimate of drug-likeness (QED) is 0.650. The van der Waals surface area contributed by atoms with Gasteiger partial charge < -0.3 is 25.3 Å². The van der Waals surface area contributed by atoms with Crippen molar-refractivity contribution in [3.63, 3.8) is 0 Å². The van der Waals surface area contributed by atoms with Crippen molar-refractivity contribution in [2.75, 3.05) is 19.8 Å². The van der Waals surface area contributed by atoms with Gasteiger partial charge in [-0.3, -0.25) is 4.99 Å². The fraction of sp³-hybridized carbons (Fsp3) is 0.632. The van der Waals surface area contributed by atoms with Crippen molar-refractivity contribution in [2.45, 2.75) is 56.5 Å². The minimum atomic E-state index is -0.347. The summed E-state index contributed by atoms with van der Waals surface area (Å²) in [5.41, 5.74) is 7.24. The fourth-order valence-corrected chi connectivity index (χ4v) is 3.98. The highest BCUT2D eigenvalue weighted by atomic mass is 16.7. The Morgan fingerprint density at radius 1 is 1.24 bits per heavy atom. The van der Waals surface area contributed by atoms with Crippen LogP contribution in [-0.2, 0) is 9.47 Å². The Bertz CT molecular complexity index is 628. The Kier molecular flexibility index (Phi) is 4.81. The van der Waals surface area contributed by atoms with E-state index < -0.39 is 0 Å². The van der Waals surface area contributed by atoms with Gasteiger partial charge in [-0.05, 0) is 18.9 Å². The molecule has 0 aromatic heterocycles. The number of fused-ring (bicyclic) bond motifs is 1. The lowest BCUT2D eigenvalue weighted by molar-refractivity contribution is -0.186. The normalized spacial score (nSPS) is 28.4. The molecule has 2 heterocycles. The van der Waals surface area contributed by atoms with E-state index >= 15 is 0 Å². The molecule has 3 N–H and O–H groups in total. The van der Waals surface area contributed by atoms with Crippen molar-refractivity contribution < 1.29 is 14.2 Å². The van der Waals surface area contributed by atoms with E-state index in [1.165, 1.54) is 19.3 Å². The third-order valence-electron chi connectivity index (χ3n) is 5.27. The van der Waals surface area contributed by atoms with Crippen LogP contribution < -0.4 is 15.8 Å². The van der Waals surface area contributed by atoms with Crippen LogP contribution in [0.5, 0.6) is 5.75 Å². The van der Waals surface area contributed by atoms with E-state index in [0.29, 0.717) is 25.7 Å². The first-order chi connectivity index (χ1) is 12.2. The minimum Gasteiger partial charge on any atom is -0.493 e. The number of nitrogens with zero attached hydrogens (tertiary/aromatic N) is 1. The van der Waals surface area contributed by atoms with E-state index in [1.54, 1.807) is 0 Å². The molecule has 1 aromatic carbocycles. The highest BCUT2D eigenvalue weighted by Gasteiger charge is 2.42. The molecule has 0 radical (unpaired) electrons. The number of aliphatic imine (C=N–C) groups is 1. The zero-order valence-corrected chi connectivity index (χ0v) is 14.6. The van der Waals surface area contributed by atoms with Gasteiger partial charge in [-0.1, -0.05) is 24.6 Å². The van der Waals surface area contributed by atoms with Gasteiger partial charge in [0.05, 0.1) is 25.8 Å². The molecule has 1 spiro atoms. The molecule has 25 heavy (non-hydrogen) atoms. The van der Waals surface area contributed by atoms with E-state index in [1.807, 2.05) is 18.2 Å². The topological polar surface area (TPSA) is 78.1 Å². The third-order valence-corrected chi connectivity index (χ3v) is 5.27. The molecule has 3 aliphatic rings. The van der Waals surface area contributed by atoms with Gasteiger partial charge in [0.1, 0.15) is 11.9 Å². The fourth-order valence-electron chi connectivity index (χ4n) is 3.98. The summed E-state index contributed by atoms with van der Waals surface area (Å²) in [4.78, 5) is 4.49. The second-order valence-corrected chi connectivity index (χ2v) is 7.12. The number of hydrogen-bond acceptors (Lipinski definition) is 4. The van der Waals surface area contributed by atoms with Crippen LogP contribution >= 0.6 is 0 Å². The number of hydrogen-bond donors (Lipinski definition) is 2. The summed E-state index contributed by atoms with van der Waals surface area (Å²) in [5.74, 6) is 1.03. The Balaban J connectivity index is 1.32. The molecule has 2 aliphatic heterocycles. The van der Waals surface area contributed by atoms with Gasteiger partial charge in [0.25, 0.3) is 0 Å². The summed E-state index contributed by atoms with van der Waals surface area (Å²) >= 11 is 0. The summed E-state index contributed by atoms with van der Waals surface area (Å²) in [6.07, 6.45) is 6.52. The summed E-state index contributed by atoms with van der Waals surface area (Å²) < 4.78 is 17.8. The summed E-state index contributed by atoms with van der Waals surface area (Å²) in [5, 5.41) is 3.32. The predicted molar refractivity (Wildman–Crippen MR) is 95.6 cm³/mol. The molecule has 6 heteroatoms. The van der Waals surface area contributed by atoms with Crippen LogP contribution in [0.25, 0.3) is 0 Å². The Labute approximate surface area is 148 Å². The van der Waals surface area contributed by atoms with Crippen LogP contribution in [0.1, 0.15) is 50.1 Å². The second-order valence-electron chi connectivity index (χ2n) is 7.12. The largest absolute Gasteiger partial charge is 0.493 e. The smallest absolute Gasteiger partial charge is 0.189 e. The van der Waals surface area contributed by atoms with E-state index in [0.717, 1.165) is 30.6 Å². The SMILES string of the molecule is NC(=NCC1COC2(CCCCC2)O1)NC1CCOc2ccccc21. The molecular weight excluding hydrogens is 318 g/mol. The van der Waals surface area contributed by atoms with Crippen LogP contribution in [0, 0.1) is 0 Å². The van der Waals surface area contributed by atoms with Crippen molar-refractivity contribution in [1.29, 1.82) is 0 Å². The Morgan fingerprint density at radius 2 is 2.08 bits per heavy atom. The van der Waals surface area contributed by atoms with Crippen LogP contribution in [0.15, 0.2) is 29.3 Å². The van der Waals surface area contributed by atoms with Crippen molar-refractivity contribution >= 4 is 5.96 Å². The van der Waals surface area contributed by atoms with Gasteiger partial charge in [0, 0.05) is 24.8 Å². The van der Waals surface area contributed by atoms with E-state index in [2.05, 4.69) is 16.4 Å². The monoisotopic (exact) mass is 345 g/mol. The lowest BCUT2D eigenvalue weighted by Gasteiger charge is -2.31. The summed E-state index contributed by atoms with van der Waals surface area (Å²) in [7, 11) is 0. The maximum atomic E-state index is 6.15. The summed E-state index contributed by atoms with van der Waals surface area (Å²) in [6, 6.07) is 8.20. The first-order valence-corrected chi connectivity index (χ1v) is 9.34. The number of rotatable bonds is 3. The molecule has 0 amide bonds. The Morgan fingerprint density at radius 3 is 2.96 bits per heavy atom. The lowest BCUT2D eigenvalue weighted by atomic mass is 9.94. The van der Waals surface area contributed by atoms with E-state index in [9.17, 15) is 0 Å². The highest BCUT2D eigenvalue weighted by molar-refractivity contribution is 5.78. The average Bonchev–Trinajstić information content (AvgIpc) is 3.03. The van der Waals surface area contributed by atoms with Crippen molar-refractivity contribution in [3.8, 4) is 5.75 Å². The number of para-hydroxylation sites is 1. The van der Waals surface area contributed by atoms with Crippen LogP contribution in [-0.4, -0.2) is 37.6 Å². The van der Waals surface area contributed by atoms with Gasteiger partial charge in [0.15, 0.2) is 11.7 Å². The third kappa shape index (κ3) is 3.75. The van der Waals surface area contributed by atoms with Crippen LogP contribution in [0.4, 0.5) is 0 Å². The molecule has 2 fully saturated rings. The Hall–Kier alpha value is -1.79. The molecule has 4 rings (SSSR count). The molecule has 0 bridgehead atoms. The molecule has 6 nitrogen and oxygen atoms in total. The van der Waals surface area contributed by atoms with Gasteiger partial charge in [-0.2, -0.15) is 0 Å². The average molecular weight is 345 g/mol. The van der Waals surface area contributed by atoms with E-state index in [4.69, 9.17) is 19.9 Å². The summed E-state index contributed by atoms with van der Waals surface area (Å²) in [6.45, 7) is 1.83. The minimum absolute atomic E-state index is 0.000394. The number of ether oxygens (including phenoxy) is 3. The van der Waals surface area contributed by atoms with E-state index in [-0.39, 0.29) is 17.9 Å². The van der Waals surface area contributed by atoms with Gasteiger partial charge in [-0.15, -0.1) is 0 Å². The zero-order valence-electron chi connectivity index (χ0n) is 14.6. The molecule has 1 saturated carbocycles. The number of benzene rings is 1. The van der Waals surface area contributed by atoms with Gasteiger partial charge in [0.2, 0.25) is 0 Å². The van der Waals surface area contributed by atoms with Gasteiger partial charge >= 0.3 is 0 Å². The molecule has 2 atom stereocenters. The first kappa shape index (κ1) is 16.7. The molecule has 1 aliphatic carbocycles. The zero-order chi connectivity index (χ0) is 17.1.